The Morgan fingerprint density at radius 3 is 2.89 bits per heavy atom. The van der Waals surface area contributed by atoms with E-state index in [4.69, 9.17) is 0 Å². The summed E-state index contributed by atoms with van der Waals surface area (Å²) in [7, 11) is 0. The van der Waals surface area contributed by atoms with Crippen LogP contribution in [0.4, 0.5) is 5.69 Å². The highest BCUT2D eigenvalue weighted by atomic mass is 32.1. The Bertz CT molecular complexity index is 609. The number of aromatic nitrogens is 1. The second-order valence-corrected chi connectivity index (χ2v) is 5.82. The molecule has 0 radical (unpaired) electrons. The topological polar surface area (TPSA) is 76.3 Å². The standard InChI is InChI=1S/C13H16N2O3S/c1-3-4-10(16)5-9-6-11-13(19-8(2)14-11)7-12(9)15(17)18/h6-7,10,16H,3-5H2,1-2H3. The Balaban J connectivity index is 2.44. The van der Waals surface area contributed by atoms with Gasteiger partial charge >= 0.3 is 0 Å². The lowest BCUT2D eigenvalue weighted by Gasteiger charge is -2.09. The number of hydrogen-bond acceptors (Lipinski definition) is 5. The van der Waals surface area contributed by atoms with Crippen LogP contribution in [0.25, 0.3) is 10.2 Å². The fraction of sp³-hybridized carbons (Fsp3) is 0.462. The Kier molecular flexibility index (Phi) is 4.11. The third kappa shape index (κ3) is 3.08. The Labute approximate surface area is 115 Å². The number of fused-ring (bicyclic) bond motifs is 1. The number of rotatable bonds is 5. The van der Waals surface area contributed by atoms with Crippen LogP contribution < -0.4 is 0 Å². The molecule has 0 spiro atoms. The molecular weight excluding hydrogens is 264 g/mol. The van der Waals surface area contributed by atoms with Crippen molar-refractivity contribution in [2.75, 3.05) is 0 Å². The minimum Gasteiger partial charge on any atom is -0.393 e. The van der Waals surface area contributed by atoms with E-state index in [-0.39, 0.29) is 10.6 Å². The van der Waals surface area contributed by atoms with Crippen LogP contribution in [-0.4, -0.2) is 21.1 Å². The molecule has 5 nitrogen and oxygen atoms in total. The van der Waals surface area contributed by atoms with Gasteiger partial charge < -0.3 is 5.11 Å². The Morgan fingerprint density at radius 1 is 1.53 bits per heavy atom. The van der Waals surface area contributed by atoms with Crippen LogP contribution in [0.5, 0.6) is 0 Å². The van der Waals surface area contributed by atoms with Gasteiger partial charge in [0.25, 0.3) is 5.69 Å². The Hall–Kier alpha value is -1.53. The van der Waals surface area contributed by atoms with Crippen LogP contribution in [0.3, 0.4) is 0 Å². The molecule has 1 atom stereocenters. The number of nitro benzene ring substituents is 1. The lowest BCUT2D eigenvalue weighted by molar-refractivity contribution is -0.385. The molecule has 0 aliphatic rings. The summed E-state index contributed by atoms with van der Waals surface area (Å²) in [6.07, 6.45) is 1.26. The van der Waals surface area contributed by atoms with E-state index in [1.54, 1.807) is 12.1 Å². The van der Waals surface area contributed by atoms with Crippen LogP contribution in [0.15, 0.2) is 12.1 Å². The third-order valence-electron chi connectivity index (χ3n) is 2.97. The van der Waals surface area contributed by atoms with E-state index in [1.807, 2.05) is 13.8 Å². The molecule has 2 rings (SSSR count). The van der Waals surface area contributed by atoms with E-state index in [0.717, 1.165) is 21.6 Å². The zero-order valence-electron chi connectivity index (χ0n) is 10.9. The van der Waals surface area contributed by atoms with Crippen LogP contribution >= 0.6 is 11.3 Å². The molecule has 0 aliphatic heterocycles. The lowest BCUT2D eigenvalue weighted by atomic mass is 10.0. The predicted octanol–water partition coefficient (Wildman–Crippen LogP) is 3.22. The second kappa shape index (κ2) is 5.63. The number of hydrogen-bond donors (Lipinski definition) is 1. The number of nitro groups is 1. The van der Waals surface area contributed by atoms with Crippen molar-refractivity contribution in [1.29, 1.82) is 0 Å². The molecule has 1 N–H and O–H groups in total. The first-order chi connectivity index (χ1) is 9.01. The molecule has 0 saturated carbocycles. The maximum atomic E-state index is 11.1. The minimum absolute atomic E-state index is 0.0753. The van der Waals surface area contributed by atoms with Crippen molar-refractivity contribution in [1.82, 2.24) is 4.98 Å². The van der Waals surface area contributed by atoms with Crippen LogP contribution in [-0.2, 0) is 6.42 Å². The van der Waals surface area contributed by atoms with Gasteiger partial charge in [0.05, 0.1) is 26.3 Å². The van der Waals surface area contributed by atoms with E-state index in [0.29, 0.717) is 18.4 Å². The van der Waals surface area contributed by atoms with Gasteiger partial charge in [-0.15, -0.1) is 11.3 Å². The van der Waals surface area contributed by atoms with E-state index >= 15 is 0 Å². The fourth-order valence-electron chi connectivity index (χ4n) is 2.14. The molecule has 6 heteroatoms. The molecule has 102 valence electrons. The van der Waals surface area contributed by atoms with Crippen molar-refractivity contribution in [3.63, 3.8) is 0 Å². The largest absolute Gasteiger partial charge is 0.393 e. The van der Waals surface area contributed by atoms with Gasteiger partial charge in [-0.1, -0.05) is 13.3 Å². The molecule has 1 aromatic carbocycles. The summed E-state index contributed by atoms with van der Waals surface area (Å²) in [6.45, 7) is 3.85. The highest BCUT2D eigenvalue weighted by molar-refractivity contribution is 7.18. The van der Waals surface area contributed by atoms with Crippen molar-refractivity contribution >= 4 is 27.2 Å². The number of nitrogens with zero attached hydrogens (tertiary/aromatic N) is 2. The van der Waals surface area contributed by atoms with Gasteiger partial charge in [0.1, 0.15) is 0 Å². The number of thiazole rings is 1. The fourth-order valence-corrected chi connectivity index (χ4v) is 2.99. The summed E-state index contributed by atoms with van der Waals surface area (Å²) in [5.41, 5.74) is 1.40. The molecule has 2 aromatic rings. The normalized spacial score (nSPS) is 12.8. The number of aliphatic hydroxyl groups is 1. The second-order valence-electron chi connectivity index (χ2n) is 4.59. The van der Waals surface area contributed by atoms with Crippen molar-refractivity contribution < 1.29 is 10.0 Å². The molecule has 1 heterocycles. The average Bonchev–Trinajstić information content (AvgIpc) is 2.67. The van der Waals surface area contributed by atoms with E-state index in [9.17, 15) is 15.2 Å². The zero-order valence-corrected chi connectivity index (χ0v) is 11.7. The van der Waals surface area contributed by atoms with Crippen LogP contribution in [0.1, 0.15) is 30.3 Å². The maximum Gasteiger partial charge on any atom is 0.274 e. The van der Waals surface area contributed by atoms with Crippen LogP contribution in [0.2, 0.25) is 0 Å². The summed E-state index contributed by atoms with van der Waals surface area (Å²) < 4.78 is 0.818. The molecule has 0 amide bonds. The van der Waals surface area contributed by atoms with E-state index in [2.05, 4.69) is 4.98 Å². The monoisotopic (exact) mass is 280 g/mol. The quantitative estimate of drug-likeness (QED) is 0.674. The van der Waals surface area contributed by atoms with Gasteiger partial charge in [-0.05, 0) is 19.4 Å². The van der Waals surface area contributed by atoms with Crippen molar-refractivity contribution in [3.8, 4) is 0 Å². The SMILES string of the molecule is CCCC(O)Cc1cc2nc(C)sc2cc1[N+](=O)[O-]. The van der Waals surface area contributed by atoms with Crippen molar-refractivity contribution in [3.05, 3.63) is 32.8 Å². The first-order valence-electron chi connectivity index (χ1n) is 6.23. The molecule has 0 aliphatic carbocycles. The van der Waals surface area contributed by atoms with Gasteiger partial charge in [-0.2, -0.15) is 0 Å². The lowest BCUT2D eigenvalue weighted by Crippen LogP contribution is -2.11. The van der Waals surface area contributed by atoms with Crippen molar-refractivity contribution in [2.45, 2.75) is 39.2 Å². The predicted molar refractivity (Wildman–Crippen MR) is 75.6 cm³/mol. The first kappa shape index (κ1) is 13.9. The molecular formula is C13H16N2O3S. The highest BCUT2D eigenvalue weighted by Crippen LogP contribution is 2.30. The molecule has 19 heavy (non-hydrogen) atoms. The molecule has 1 unspecified atom stereocenters. The highest BCUT2D eigenvalue weighted by Gasteiger charge is 2.19. The Morgan fingerprint density at radius 2 is 2.26 bits per heavy atom. The average molecular weight is 280 g/mol. The summed E-state index contributed by atoms with van der Waals surface area (Å²) in [5.74, 6) is 0. The summed E-state index contributed by atoms with van der Waals surface area (Å²) in [4.78, 5) is 15.1. The van der Waals surface area contributed by atoms with Crippen molar-refractivity contribution in [2.24, 2.45) is 0 Å². The van der Waals surface area contributed by atoms with E-state index in [1.165, 1.54) is 11.3 Å². The molecule has 0 bridgehead atoms. The molecule has 1 aromatic heterocycles. The van der Waals surface area contributed by atoms with Gasteiger partial charge in [0.2, 0.25) is 0 Å². The van der Waals surface area contributed by atoms with Gasteiger partial charge in [0.15, 0.2) is 0 Å². The zero-order chi connectivity index (χ0) is 14.0. The molecule has 0 saturated heterocycles. The van der Waals surface area contributed by atoms with Gasteiger partial charge in [0, 0.05) is 18.1 Å². The smallest absolute Gasteiger partial charge is 0.274 e. The molecule has 0 fully saturated rings. The van der Waals surface area contributed by atoms with Gasteiger partial charge in [-0.25, -0.2) is 4.98 Å². The maximum absolute atomic E-state index is 11.1. The number of aliphatic hydroxyl groups excluding tert-OH is 1. The van der Waals surface area contributed by atoms with Gasteiger partial charge in [-0.3, -0.25) is 10.1 Å². The third-order valence-corrected chi connectivity index (χ3v) is 3.90. The summed E-state index contributed by atoms with van der Waals surface area (Å²) >= 11 is 1.44. The summed E-state index contributed by atoms with van der Waals surface area (Å²) in [5, 5.41) is 21.9. The summed E-state index contributed by atoms with van der Waals surface area (Å²) in [6, 6.07) is 3.30. The van der Waals surface area contributed by atoms with Crippen LogP contribution in [0, 0.1) is 17.0 Å². The number of aryl methyl sites for hydroxylation is 1. The first-order valence-corrected chi connectivity index (χ1v) is 7.05. The number of benzene rings is 1. The minimum atomic E-state index is -0.541. The van der Waals surface area contributed by atoms with E-state index < -0.39 is 6.10 Å².